The maximum atomic E-state index is 10.9. The molecule has 3 N–H and O–H groups in total. The van der Waals surface area contributed by atoms with Gasteiger partial charge in [-0.15, -0.1) is 0 Å². The second kappa shape index (κ2) is 5.87. The van der Waals surface area contributed by atoms with Crippen LogP contribution in [0.3, 0.4) is 0 Å². The summed E-state index contributed by atoms with van der Waals surface area (Å²) in [6, 6.07) is 6.76. The van der Waals surface area contributed by atoms with Crippen molar-refractivity contribution in [2.24, 2.45) is 5.73 Å². The summed E-state index contributed by atoms with van der Waals surface area (Å²) in [4.78, 5) is 10.9. The summed E-state index contributed by atoms with van der Waals surface area (Å²) in [7, 11) is 1.56. The number of rotatable bonds is 5. The number of carbonyl (C=O) groups is 1. The molecular weight excluding hydrogens is 218 g/mol. The van der Waals surface area contributed by atoms with Crippen molar-refractivity contribution in [3.05, 3.63) is 29.3 Å². The maximum Gasteiger partial charge on any atom is 0.234 e. The van der Waals surface area contributed by atoms with E-state index in [0.717, 1.165) is 5.56 Å². The number of methoxy groups -OCH3 is 1. The number of nitrogens with two attached hydrogens (primary N) is 1. The highest BCUT2D eigenvalue weighted by molar-refractivity contribution is 5.79. The number of carbonyl (C=O) groups excluding carboxylic acids is 1. The van der Waals surface area contributed by atoms with E-state index in [0.29, 0.717) is 17.9 Å². The zero-order valence-corrected chi connectivity index (χ0v) is 9.86. The fourth-order valence-corrected chi connectivity index (χ4v) is 1.35. The molecule has 5 heteroatoms. The van der Waals surface area contributed by atoms with E-state index in [1.807, 2.05) is 0 Å². The Hall–Kier alpha value is -2.06. The Morgan fingerprint density at radius 1 is 1.65 bits per heavy atom. The Morgan fingerprint density at radius 2 is 2.35 bits per heavy atom. The average molecular weight is 233 g/mol. The minimum atomic E-state index is -0.426. The van der Waals surface area contributed by atoms with Gasteiger partial charge in [0.25, 0.3) is 0 Å². The molecule has 0 spiro atoms. The van der Waals surface area contributed by atoms with Crippen molar-refractivity contribution in [1.29, 1.82) is 5.26 Å². The first kappa shape index (κ1) is 13.0. The number of nitrogens with one attached hydrogen (secondary N) is 1. The Kier molecular flexibility index (Phi) is 4.49. The lowest BCUT2D eigenvalue weighted by atomic mass is 10.1. The van der Waals surface area contributed by atoms with Gasteiger partial charge in [0.15, 0.2) is 0 Å². The molecule has 0 bridgehead atoms. The van der Waals surface area contributed by atoms with Crippen molar-refractivity contribution in [1.82, 2.24) is 5.32 Å². The van der Waals surface area contributed by atoms with Gasteiger partial charge in [-0.25, -0.2) is 0 Å². The molecule has 1 unspecified atom stereocenters. The van der Waals surface area contributed by atoms with Crippen LogP contribution >= 0.6 is 0 Å². The molecule has 1 aromatic rings. The number of primary amides is 1. The summed E-state index contributed by atoms with van der Waals surface area (Å²) in [5.41, 5.74) is 6.51. The van der Waals surface area contributed by atoms with Gasteiger partial charge < -0.3 is 15.8 Å². The van der Waals surface area contributed by atoms with Gasteiger partial charge in [-0.3, -0.25) is 4.79 Å². The molecule has 90 valence electrons. The first-order chi connectivity index (χ1) is 8.08. The van der Waals surface area contributed by atoms with Crippen LogP contribution in [0.15, 0.2) is 18.2 Å². The summed E-state index contributed by atoms with van der Waals surface area (Å²) in [6.07, 6.45) is 0. The van der Waals surface area contributed by atoms with Gasteiger partial charge in [0.1, 0.15) is 5.75 Å². The lowest BCUT2D eigenvalue weighted by Crippen LogP contribution is -2.38. The van der Waals surface area contributed by atoms with Crippen LogP contribution in [0.4, 0.5) is 0 Å². The first-order valence-electron chi connectivity index (χ1n) is 5.18. The second-order valence-corrected chi connectivity index (χ2v) is 3.64. The Morgan fingerprint density at radius 3 is 2.88 bits per heavy atom. The Balaban J connectivity index is 2.82. The molecule has 0 radical (unpaired) electrons. The van der Waals surface area contributed by atoms with Gasteiger partial charge in [-0.2, -0.15) is 5.26 Å². The van der Waals surface area contributed by atoms with Crippen LogP contribution in [0.2, 0.25) is 0 Å². The highest BCUT2D eigenvalue weighted by Gasteiger charge is 2.10. The van der Waals surface area contributed by atoms with E-state index in [-0.39, 0.29) is 0 Å². The van der Waals surface area contributed by atoms with E-state index in [1.54, 1.807) is 32.2 Å². The van der Waals surface area contributed by atoms with Crippen LogP contribution in [0.25, 0.3) is 0 Å². The number of benzene rings is 1. The van der Waals surface area contributed by atoms with Crippen molar-refractivity contribution < 1.29 is 9.53 Å². The number of amides is 1. The SMILES string of the molecule is COc1ccc(C#N)cc1CNC(C)C(N)=O. The van der Waals surface area contributed by atoms with E-state index in [9.17, 15) is 4.79 Å². The van der Waals surface area contributed by atoms with Crippen molar-refractivity contribution >= 4 is 5.91 Å². The predicted octanol–water partition coefficient (Wildman–Crippen LogP) is 0.530. The van der Waals surface area contributed by atoms with Crippen LogP contribution in [0.5, 0.6) is 5.75 Å². The van der Waals surface area contributed by atoms with Gasteiger partial charge in [-0.1, -0.05) is 0 Å². The molecule has 0 fully saturated rings. The van der Waals surface area contributed by atoms with E-state index in [1.165, 1.54) is 0 Å². The van der Waals surface area contributed by atoms with Crippen molar-refractivity contribution in [3.63, 3.8) is 0 Å². The minimum Gasteiger partial charge on any atom is -0.496 e. The smallest absolute Gasteiger partial charge is 0.234 e. The first-order valence-corrected chi connectivity index (χ1v) is 5.18. The quantitative estimate of drug-likeness (QED) is 0.776. The molecule has 0 aliphatic heterocycles. The van der Waals surface area contributed by atoms with Gasteiger partial charge >= 0.3 is 0 Å². The van der Waals surface area contributed by atoms with E-state index >= 15 is 0 Å². The van der Waals surface area contributed by atoms with Crippen LogP contribution in [0.1, 0.15) is 18.1 Å². The van der Waals surface area contributed by atoms with Crippen molar-refractivity contribution in [2.75, 3.05) is 7.11 Å². The molecule has 0 aromatic heterocycles. The van der Waals surface area contributed by atoms with Gasteiger partial charge in [0.05, 0.1) is 24.8 Å². The molecular formula is C12H15N3O2. The number of hydrogen-bond acceptors (Lipinski definition) is 4. The molecule has 17 heavy (non-hydrogen) atoms. The number of nitriles is 1. The number of hydrogen-bond donors (Lipinski definition) is 2. The van der Waals surface area contributed by atoms with Gasteiger partial charge in [-0.05, 0) is 25.1 Å². The highest BCUT2D eigenvalue weighted by atomic mass is 16.5. The van der Waals surface area contributed by atoms with Crippen molar-refractivity contribution in [3.8, 4) is 11.8 Å². The van der Waals surface area contributed by atoms with Crippen LogP contribution in [0, 0.1) is 11.3 Å². The fourth-order valence-electron chi connectivity index (χ4n) is 1.35. The van der Waals surface area contributed by atoms with Crippen LogP contribution < -0.4 is 15.8 Å². The fraction of sp³-hybridized carbons (Fsp3) is 0.333. The predicted molar refractivity (Wildman–Crippen MR) is 63.2 cm³/mol. The largest absolute Gasteiger partial charge is 0.496 e. The summed E-state index contributed by atoms with van der Waals surface area (Å²) in [5.74, 6) is 0.258. The summed E-state index contributed by atoms with van der Waals surface area (Å²) >= 11 is 0. The summed E-state index contributed by atoms with van der Waals surface area (Å²) < 4.78 is 5.17. The molecule has 1 rings (SSSR count). The van der Waals surface area contributed by atoms with Crippen molar-refractivity contribution in [2.45, 2.75) is 19.5 Å². The third-order valence-corrected chi connectivity index (χ3v) is 2.43. The molecule has 0 aliphatic carbocycles. The maximum absolute atomic E-state index is 10.9. The molecule has 1 atom stereocenters. The lowest BCUT2D eigenvalue weighted by Gasteiger charge is -2.12. The third kappa shape index (κ3) is 3.47. The molecule has 0 aliphatic rings. The normalized spacial score (nSPS) is 11.6. The number of ether oxygens (including phenoxy) is 1. The molecule has 0 saturated heterocycles. The Labute approximate surface area is 100 Å². The molecule has 1 amide bonds. The van der Waals surface area contributed by atoms with E-state index in [2.05, 4.69) is 11.4 Å². The second-order valence-electron chi connectivity index (χ2n) is 3.64. The highest BCUT2D eigenvalue weighted by Crippen LogP contribution is 2.19. The summed E-state index contributed by atoms with van der Waals surface area (Å²) in [6.45, 7) is 2.10. The zero-order valence-electron chi connectivity index (χ0n) is 9.86. The number of nitrogens with zero attached hydrogens (tertiary/aromatic N) is 1. The monoisotopic (exact) mass is 233 g/mol. The van der Waals surface area contributed by atoms with Gasteiger partial charge in [0, 0.05) is 12.1 Å². The Bertz CT molecular complexity index is 452. The molecule has 1 aromatic carbocycles. The summed E-state index contributed by atoms with van der Waals surface area (Å²) in [5, 5.41) is 11.8. The lowest BCUT2D eigenvalue weighted by molar-refractivity contribution is -0.119. The van der Waals surface area contributed by atoms with Crippen LogP contribution in [-0.4, -0.2) is 19.1 Å². The van der Waals surface area contributed by atoms with Crippen LogP contribution in [-0.2, 0) is 11.3 Å². The third-order valence-electron chi connectivity index (χ3n) is 2.43. The standard InChI is InChI=1S/C12H15N3O2/c1-8(12(14)16)15-7-10-5-9(6-13)3-4-11(10)17-2/h3-5,8,15H,7H2,1-2H3,(H2,14,16). The molecule has 0 heterocycles. The van der Waals surface area contributed by atoms with E-state index < -0.39 is 11.9 Å². The minimum absolute atomic E-state index is 0.416. The van der Waals surface area contributed by atoms with Gasteiger partial charge in [0.2, 0.25) is 5.91 Å². The zero-order chi connectivity index (χ0) is 12.8. The average Bonchev–Trinajstić information content (AvgIpc) is 2.35. The topological polar surface area (TPSA) is 88.1 Å². The molecule has 0 saturated carbocycles. The van der Waals surface area contributed by atoms with E-state index in [4.69, 9.17) is 15.7 Å². The molecule has 5 nitrogen and oxygen atoms in total.